The number of carbonyl (C=O) groups excluding carboxylic acids is 1. The molecule has 0 bridgehead atoms. The second kappa shape index (κ2) is 28.8. The molecule has 0 aromatic heterocycles. The van der Waals surface area contributed by atoms with Gasteiger partial charge in [-0.05, 0) is 196 Å². The third-order valence-electron chi connectivity index (χ3n) is 14.9. The number of nitrogens with zero attached hydrogens (tertiary/aromatic N) is 2. The molecule has 2 aliphatic heterocycles. The predicted octanol–water partition coefficient (Wildman–Crippen LogP) is 10.1. The molecule has 4 N–H and O–H groups in total. The second-order valence-electron chi connectivity index (χ2n) is 22.2. The largest absolute Gasteiger partial charge is 1.00 e. The quantitative estimate of drug-likeness (QED) is 0.0752. The van der Waals surface area contributed by atoms with Crippen molar-refractivity contribution in [3.8, 4) is 11.5 Å². The van der Waals surface area contributed by atoms with Crippen molar-refractivity contribution in [3.05, 3.63) is 89.8 Å². The molecule has 11 nitrogen and oxygen atoms in total. The van der Waals surface area contributed by atoms with Gasteiger partial charge in [-0.1, -0.05) is 77.9 Å². The Labute approximate surface area is 442 Å². The van der Waals surface area contributed by atoms with Gasteiger partial charge in [-0.15, -0.1) is 0 Å². The van der Waals surface area contributed by atoms with Crippen LogP contribution in [-0.4, -0.2) is 88.8 Å². The molecule has 4 aromatic rings. The van der Waals surface area contributed by atoms with Gasteiger partial charge in [0.15, 0.2) is 0 Å². The van der Waals surface area contributed by atoms with Crippen molar-refractivity contribution in [2.75, 3.05) is 39.4 Å². The number of carboxylic acid groups (broad SMARTS) is 1. The Morgan fingerprint density at radius 3 is 1.34 bits per heavy atom. The van der Waals surface area contributed by atoms with Crippen molar-refractivity contribution in [3.63, 3.8) is 0 Å². The van der Waals surface area contributed by atoms with E-state index >= 15 is 0 Å². The first kappa shape index (κ1) is 59.3. The van der Waals surface area contributed by atoms with Gasteiger partial charge in [-0.2, -0.15) is 0 Å². The molecule has 12 heteroatoms. The van der Waals surface area contributed by atoms with Crippen LogP contribution in [0.2, 0.25) is 0 Å². The van der Waals surface area contributed by atoms with E-state index in [1.807, 2.05) is 6.92 Å². The molecule has 382 valence electrons. The van der Waals surface area contributed by atoms with E-state index in [-0.39, 0.29) is 54.0 Å². The zero-order valence-corrected chi connectivity index (χ0v) is 46.3. The molecular formula is C58H86N3NaO8. The summed E-state index contributed by atoms with van der Waals surface area (Å²) in [4.78, 5) is 28.1. The molecule has 4 fully saturated rings. The van der Waals surface area contributed by atoms with Gasteiger partial charge in [-0.25, -0.2) is 0 Å². The molecule has 8 rings (SSSR count). The van der Waals surface area contributed by atoms with Gasteiger partial charge in [0, 0.05) is 32.8 Å². The van der Waals surface area contributed by atoms with E-state index in [4.69, 9.17) is 30.4 Å². The van der Waals surface area contributed by atoms with E-state index in [0.29, 0.717) is 36.2 Å². The Balaban J connectivity index is 0.000000276. The Hall–Kier alpha value is -3.26. The van der Waals surface area contributed by atoms with Gasteiger partial charge in [-0.3, -0.25) is 19.4 Å². The van der Waals surface area contributed by atoms with Gasteiger partial charge in [0.05, 0.1) is 30.7 Å². The summed E-state index contributed by atoms with van der Waals surface area (Å²) < 4.78 is 18.0. The van der Waals surface area contributed by atoms with Crippen LogP contribution in [-0.2, 0) is 27.4 Å². The zero-order valence-electron chi connectivity index (χ0n) is 44.3. The maximum atomic E-state index is 12.1. The molecule has 0 spiro atoms. The predicted molar refractivity (Wildman–Crippen MR) is 279 cm³/mol. The number of carboxylic acids is 1. The first-order valence-corrected chi connectivity index (χ1v) is 26.1. The smallest absolute Gasteiger partial charge is 0.553 e. The molecule has 0 radical (unpaired) electrons. The molecule has 4 aliphatic rings. The van der Waals surface area contributed by atoms with E-state index in [9.17, 15) is 14.7 Å². The average molecular weight is 976 g/mol. The summed E-state index contributed by atoms with van der Waals surface area (Å²) in [5, 5.41) is 28.0. The first-order valence-electron chi connectivity index (χ1n) is 26.1. The third kappa shape index (κ3) is 18.3. The molecule has 0 unspecified atom stereocenters. The Bertz CT molecular complexity index is 2190. The number of hydrogen-bond acceptors (Lipinski definition) is 9. The number of esters is 1. The third-order valence-corrected chi connectivity index (χ3v) is 14.9. The van der Waals surface area contributed by atoms with Crippen molar-refractivity contribution < 1.29 is 68.8 Å². The van der Waals surface area contributed by atoms with Gasteiger partial charge in [0.25, 0.3) is 0 Å². The van der Waals surface area contributed by atoms with Crippen molar-refractivity contribution in [2.24, 2.45) is 34.5 Å². The zero-order chi connectivity index (χ0) is 50.1. The van der Waals surface area contributed by atoms with Crippen molar-refractivity contribution in [1.29, 1.82) is 0 Å². The van der Waals surface area contributed by atoms with Gasteiger partial charge < -0.3 is 35.5 Å². The van der Waals surface area contributed by atoms with E-state index in [2.05, 4.69) is 124 Å². The Kier molecular flexibility index (Phi) is 24.4. The van der Waals surface area contributed by atoms with E-state index in [1.165, 1.54) is 58.4 Å². The van der Waals surface area contributed by atoms with Crippen LogP contribution in [0.4, 0.5) is 0 Å². The number of aliphatic carboxylic acids is 1. The topological polar surface area (TPSA) is 153 Å². The Morgan fingerprint density at radius 2 is 0.957 bits per heavy atom. The number of benzene rings is 4. The summed E-state index contributed by atoms with van der Waals surface area (Å²) >= 11 is 0. The maximum absolute atomic E-state index is 12.1. The number of piperidine rings is 2. The fourth-order valence-electron chi connectivity index (χ4n) is 10.9. The molecule has 0 amide bonds. The Morgan fingerprint density at radius 1 is 0.586 bits per heavy atom. The number of carbonyl (C=O) groups is 2. The van der Waals surface area contributed by atoms with Crippen molar-refractivity contribution >= 4 is 33.5 Å². The summed E-state index contributed by atoms with van der Waals surface area (Å²) in [6, 6.07) is 26.2. The number of aliphatic hydroxyl groups excluding tert-OH is 1. The van der Waals surface area contributed by atoms with Gasteiger partial charge in [0.2, 0.25) is 0 Å². The van der Waals surface area contributed by atoms with Crippen LogP contribution in [0.3, 0.4) is 0 Å². The number of aliphatic hydroxyl groups is 1. The number of rotatable bonds is 11. The van der Waals surface area contributed by atoms with Crippen molar-refractivity contribution in [2.45, 2.75) is 158 Å². The number of fused-ring (bicyclic) bond motifs is 2. The average Bonchev–Trinajstić information content (AvgIpc) is 3.33. The minimum Gasteiger partial charge on any atom is -0.553 e. The van der Waals surface area contributed by atoms with E-state index < -0.39 is 5.97 Å². The van der Waals surface area contributed by atoms with Crippen LogP contribution in [0, 0.1) is 34.5 Å². The summed E-state index contributed by atoms with van der Waals surface area (Å²) in [6.45, 7) is 23.6. The maximum Gasteiger partial charge on any atom is 1.00 e. The fraction of sp³-hybridized carbons (Fsp3) is 0.621. The van der Waals surface area contributed by atoms with Crippen LogP contribution in [0.5, 0.6) is 11.5 Å². The number of hydrogen-bond donors (Lipinski definition) is 3. The molecule has 2 aliphatic carbocycles. The minimum atomic E-state index is -0.664. The molecular weight excluding hydrogens is 890 g/mol. The number of ether oxygens (including phenoxy) is 3. The molecule has 2 saturated heterocycles. The summed E-state index contributed by atoms with van der Waals surface area (Å²) in [7, 11) is 0. The molecule has 4 aromatic carbocycles. The van der Waals surface area contributed by atoms with Crippen LogP contribution < -0.4 is 39.0 Å². The summed E-state index contributed by atoms with van der Waals surface area (Å²) in [5.74, 6) is 7.39. The minimum absolute atomic E-state index is 0. The summed E-state index contributed by atoms with van der Waals surface area (Å²) in [5.41, 5.74) is 3.34. The van der Waals surface area contributed by atoms with E-state index in [0.717, 1.165) is 107 Å². The van der Waals surface area contributed by atoms with Crippen LogP contribution in [0.1, 0.15) is 144 Å². The number of nitrogens with one attached hydrogen (secondary N) is 1. The van der Waals surface area contributed by atoms with Gasteiger partial charge >= 0.3 is 41.5 Å². The van der Waals surface area contributed by atoms with Crippen molar-refractivity contribution in [1.82, 2.24) is 9.80 Å². The number of likely N-dealkylation sites (tertiary alicyclic amines) is 2. The molecule has 2 saturated carbocycles. The molecule has 2 atom stereocenters. The second-order valence-corrected chi connectivity index (χ2v) is 22.2. The monoisotopic (exact) mass is 976 g/mol. The summed E-state index contributed by atoms with van der Waals surface area (Å²) in [6.07, 6.45) is 14.0. The first-order chi connectivity index (χ1) is 33.0. The van der Waals surface area contributed by atoms with E-state index in [1.54, 1.807) is 6.92 Å². The van der Waals surface area contributed by atoms with Crippen LogP contribution in [0.15, 0.2) is 72.8 Å². The molecule has 2 heterocycles. The standard InChI is InChI=1S/C29H41NO3.C27H37NO3.C2H6O.H2NO.Na/c1-5-32-28(31)24-7-6-16-30(20-24)19-21-8-9-23-18-27(13-10-22(23)17-21)33-26-14-11-25(12-15-26)29(2,3)4;1-27(2,3)23-9-12-24(13-10-23)31-25-11-8-20-15-19(6-7-21(20)16-25)17-28-14-4-5-22(18-28)26(29)30;1-2-3;1-2;/h8-10,13,17-18,24-26H,5-7,11-12,14-16,19-20H2,1-4H3;6-8,11,15-16,22-24H,4-5,9-10,12-14,17-18H2,1-3H3,(H,29,30);3H,2H2,1H3;1-2H;/q;;;-1;+1/t24-,25?,26?;22-,23?,24?;;;/m11.../s1. The SMILES string of the molecule is CC(C)(C)C1CCC(Oc2ccc3cc(CN4CCC[C@@H](C(=O)O)C4)ccc3c2)CC1.CCO.CCOC(=O)[C@@H]1CCCN(Cc2ccc3cc(OC4CCC(C(C)(C)C)CC4)ccc3c2)C1.[NH-]O.[Na+]. The normalized spacial score (nSPS) is 23.2. The fourth-order valence-corrected chi connectivity index (χ4v) is 10.9. The van der Waals surface area contributed by atoms with Gasteiger partial charge in [0.1, 0.15) is 11.5 Å². The molecule has 70 heavy (non-hydrogen) atoms. The van der Waals surface area contributed by atoms with Crippen LogP contribution >= 0.6 is 0 Å². The van der Waals surface area contributed by atoms with Crippen LogP contribution in [0.25, 0.3) is 27.4 Å².